The molecule has 3 aromatic carbocycles. The maximum atomic E-state index is 5.45. The van der Waals surface area contributed by atoms with Crippen molar-refractivity contribution in [2.45, 2.75) is 13.5 Å². The zero-order valence-electron chi connectivity index (χ0n) is 13.6. The third-order valence-electron chi connectivity index (χ3n) is 3.83. The minimum Gasteiger partial charge on any atom is -0.358 e. The third-order valence-corrected chi connectivity index (χ3v) is 4.08. The minimum atomic E-state index is 0.624. The Bertz CT molecular complexity index is 811. The molecule has 3 rings (SSSR count). The normalized spacial score (nSPS) is 10.2. The van der Waals surface area contributed by atoms with E-state index in [1.807, 2.05) is 36.4 Å². The number of thiocarbonyl (C=S) groups is 1. The van der Waals surface area contributed by atoms with E-state index in [-0.39, 0.29) is 0 Å². The summed E-state index contributed by atoms with van der Waals surface area (Å²) in [6.45, 7) is 2.80. The molecule has 0 radical (unpaired) electrons. The Hall–Kier alpha value is -2.65. The molecular formula is C21H20N2S. The van der Waals surface area contributed by atoms with Gasteiger partial charge in [0.2, 0.25) is 0 Å². The predicted octanol–water partition coefficient (Wildman–Crippen LogP) is 5.15. The highest BCUT2D eigenvalue weighted by Gasteiger charge is 2.05. The summed E-state index contributed by atoms with van der Waals surface area (Å²) in [6.07, 6.45) is 0. The van der Waals surface area contributed by atoms with Crippen molar-refractivity contribution in [3.63, 3.8) is 0 Å². The average molecular weight is 332 g/mol. The first-order valence-corrected chi connectivity index (χ1v) is 8.38. The molecule has 0 saturated carbocycles. The second kappa shape index (κ2) is 7.75. The minimum absolute atomic E-state index is 0.624. The van der Waals surface area contributed by atoms with E-state index >= 15 is 0 Å². The van der Waals surface area contributed by atoms with Crippen LogP contribution in [0.2, 0.25) is 0 Å². The molecule has 0 amide bonds. The molecule has 120 valence electrons. The van der Waals surface area contributed by atoms with Crippen molar-refractivity contribution >= 4 is 23.0 Å². The monoisotopic (exact) mass is 332 g/mol. The van der Waals surface area contributed by atoms with Gasteiger partial charge in [0, 0.05) is 17.8 Å². The van der Waals surface area contributed by atoms with Crippen LogP contribution in [-0.4, -0.2) is 5.11 Å². The van der Waals surface area contributed by atoms with E-state index in [4.69, 9.17) is 12.2 Å². The van der Waals surface area contributed by atoms with Crippen LogP contribution in [0.25, 0.3) is 11.1 Å². The molecule has 0 unspecified atom stereocenters. The summed E-state index contributed by atoms with van der Waals surface area (Å²) in [4.78, 5) is 0. The van der Waals surface area contributed by atoms with E-state index in [2.05, 4.69) is 60.0 Å². The van der Waals surface area contributed by atoms with E-state index < -0.39 is 0 Å². The highest BCUT2D eigenvalue weighted by molar-refractivity contribution is 7.80. The van der Waals surface area contributed by atoms with Crippen molar-refractivity contribution in [3.8, 4) is 11.1 Å². The summed E-state index contributed by atoms with van der Waals surface area (Å²) in [5.74, 6) is 0. The highest BCUT2D eigenvalue weighted by atomic mass is 32.1. The fourth-order valence-electron chi connectivity index (χ4n) is 2.52. The van der Waals surface area contributed by atoms with Gasteiger partial charge in [-0.2, -0.15) is 0 Å². The van der Waals surface area contributed by atoms with Crippen LogP contribution in [0.3, 0.4) is 0 Å². The van der Waals surface area contributed by atoms with Crippen LogP contribution in [0.4, 0.5) is 5.69 Å². The summed E-state index contributed by atoms with van der Waals surface area (Å²) < 4.78 is 0. The van der Waals surface area contributed by atoms with Gasteiger partial charge in [-0.05, 0) is 36.3 Å². The number of para-hydroxylation sites is 1. The number of anilines is 1. The van der Waals surface area contributed by atoms with Crippen molar-refractivity contribution in [2.75, 3.05) is 5.32 Å². The van der Waals surface area contributed by atoms with Crippen molar-refractivity contribution < 1.29 is 0 Å². The first-order chi connectivity index (χ1) is 11.7. The summed E-state index contributed by atoms with van der Waals surface area (Å²) >= 11 is 5.45. The van der Waals surface area contributed by atoms with Gasteiger partial charge < -0.3 is 10.6 Å². The zero-order chi connectivity index (χ0) is 16.8. The van der Waals surface area contributed by atoms with E-state index in [1.165, 1.54) is 16.7 Å². The first-order valence-electron chi connectivity index (χ1n) is 7.97. The van der Waals surface area contributed by atoms with Crippen LogP contribution in [0.15, 0.2) is 78.9 Å². The van der Waals surface area contributed by atoms with Crippen molar-refractivity contribution in [1.82, 2.24) is 5.32 Å². The lowest BCUT2D eigenvalue weighted by atomic mass is 10.0. The van der Waals surface area contributed by atoms with Crippen molar-refractivity contribution in [1.29, 1.82) is 0 Å². The molecule has 0 heterocycles. The smallest absolute Gasteiger partial charge is 0.171 e. The summed E-state index contributed by atoms with van der Waals surface area (Å²) in [7, 11) is 0. The average Bonchev–Trinajstić information content (AvgIpc) is 2.62. The van der Waals surface area contributed by atoms with Gasteiger partial charge in [-0.3, -0.25) is 0 Å². The maximum absolute atomic E-state index is 5.45. The van der Waals surface area contributed by atoms with Gasteiger partial charge in [0.25, 0.3) is 0 Å². The molecule has 0 aromatic heterocycles. The number of nitrogens with one attached hydrogen (secondary N) is 2. The van der Waals surface area contributed by atoms with E-state index in [0.29, 0.717) is 11.7 Å². The summed E-state index contributed by atoms with van der Waals surface area (Å²) in [5, 5.41) is 7.20. The molecule has 24 heavy (non-hydrogen) atoms. The molecule has 0 saturated heterocycles. The topological polar surface area (TPSA) is 24.1 Å². The summed E-state index contributed by atoms with van der Waals surface area (Å²) in [5.41, 5.74) is 5.78. The van der Waals surface area contributed by atoms with Gasteiger partial charge in [0.05, 0.1) is 0 Å². The van der Waals surface area contributed by atoms with Gasteiger partial charge in [-0.25, -0.2) is 0 Å². The molecule has 2 nitrogen and oxygen atoms in total. The van der Waals surface area contributed by atoms with Crippen LogP contribution in [0, 0.1) is 6.92 Å². The van der Waals surface area contributed by atoms with Crippen molar-refractivity contribution in [3.05, 3.63) is 90.0 Å². The van der Waals surface area contributed by atoms with Crippen LogP contribution in [0.1, 0.15) is 11.1 Å². The Labute approximate surface area is 148 Å². The summed E-state index contributed by atoms with van der Waals surface area (Å²) in [6, 6.07) is 26.9. The maximum Gasteiger partial charge on any atom is 0.171 e. The van der Waals surface area contributed by atoms with Gasteiger partial charge in [0.15, 0.2) is 5.11 Å². The second-order valence-corrected chi connectivity index (χ2v) is 6.11. The number of hydrogen-bond acceptors (Lipinski definition) is 1. The van der Waals surface area contributed by atoms with E-state index in [9.17, 15) is 0 Å². The lowest BCUT2D eigenvalue weighted by molar-refractivity contribution is 0.925. The second-order valence-electron chi connectivity index (χ2n) is 5.70. The molecule has 2 N–H and O–H groups in total. The van der Waals surface area contributed by atoms with Crippen LogP contribution < -0.4 is 10.6 Å². The largest absolute Gasteiger partial charge is 0.358 e. The fourth-order valence-corrected chi connectivity index (χ4v) is 2.70. The quantitative estimate of drug-likeness (QED) is 0.646. The predicted molar refractivity (Wildman–Crippen MR) is 106 cm³/mol. The van der Waals surface area contributed by atoms with Crippen LogP contribution >= 0.6 is 12.2 Å². The standard InChI is InChI=1S/C21H20N2S/c1-16-11-13-17(14-12-16)15-22-21(24)23-20-10-6-5-9-19(20)18-7-3-2-4-8-18/h2-14H,15H2,1H3,(H2,22,23,24). The molecular weight excluding hydrogens is 312 g/mol. The number of benzene rings is 3. The molecule has 0 bridgehead atoms. The van der Waals surface area contributed by atoms with Gasteiger partial charge in [0.1, 0.15) is 0 Å². The van der Waals surface area contributed by atoms with Gasteiger partial charge in [-0.1, -0.05) is 78.4 Å². The Morgan fingerprint density at radius 2 is 1.50 bits per heavy atom. The molecule has 0 aliphatic heterocycles. The molecule has 0 aliphatic carbocycles. The molecule has 0 aliphatic rings. The lowest BCUT2D eigenvalue weighted by Gasteiger charge is -2.14. The molecule has 0 fully saturated rings. The number of aryl methyl sites for hydroxylation is 1. The van der Waals surface area contributed by atoms with Crippen molar-refractivity contribution in [2.24, 2.45) is 0 Å². The SMILES string of the molecule is Cc1ccc(CNC(=S)Nc2ccccc2-c2ccccc2)cc1. The Kier molecular flexibility index (Phi) is 5.24. The van der Waals surface area contributed by atoms with Gasteiger partial charge >= 0.3 is 0 Å². The Morgan fingerprint density at radius 3 is 2.25 bits per heavy atom. The lowest BCUT2D eigenvalue weighted by Crippen LogP contribution is -2.28. The number of hydrogen-bond donors (Lipinski definition) is 2. The zero-order valence-corrected chi connectivity index (χ0v) is 14.4. The molecule has 0 spiro atoms. The third kappa shape index (κ3) is 4.21. The highest BCUT2D eigenvalue weighted by Crippen LogP contribution is 2.27. The fraction of sp³-hybridized carbons (Fsp3) is 0.0952. The Morgan fingerprint density at radius 1 is 0.833 bits per heavy atom. The number of rotatable bonds is 4. The van der Waals surface area contributed by atoms with E-state index in [1.54, 1.807) is 0 Å². The molecule has 0 atom stereocenters. The molecule has 3 aromatic rings. The first kappa shape index (κ1) is 16.2. The van der Waals surface area contributed by atoms with E-state index in [0.717, 1.165) is 11.3 Å². The van der Waals surface area contributed by atoms with Crippen LogP contribution in [0.5, 0.6) is 0 Å². The van der Waals surface area contributed by atoms with Gasteiger partial charge in [-0.15, -0.1) is 0 Å². The Balaban J connectivity index is 1.67. The molecule has 3 heteroatoms. The van der Waals surface area contributed by atoms with Crippen LogP contribution in [-0.2, 0) is 6.54 Å².